The largest absolute Gasteiger partial charge is 0.381 e. The highest BCUT2D eigenvalue weighted by Crippen LogP contribution is 2.22. The highest BCUT2D eigenvalue weighted by Gasteiger charge is 2.08. The van der Waals surface area contributed by atoms with Gasteiger partial charge in [0.25, 0.3) is 0 Å². The van der Waals surface area contributed by atoms with E-state index in [9.17, 15) is 4.79 Å². The summed E-state index contributed by atoms with van der Waals surface area (Å²) in [7, 11) is 0. The van der Waals surface area contributed by atoms with Gasteiger partial charge in [0, 0.05) is 17.8 Å². The first-order valence-electron chi connectivity index (χ1n) is 7.21. The van der Waals surface area contributed by atoms with Crippen molar-refractivity contribution >= 4 is 11.6 Å². The van der Waals surface area contributed by atoms with Crippen LogP contribution in [-0.2, 0) is 6.54 Å². The minimum Gasteiger partial charge on any atom is -0.381 e. The number of rotatable bonds is 5. The van der Waals surface area contributed by atoms with E-state index >= 15 is 0 Å². The zero-order valence-electron chi connectivity index (χ0n) is 12.8. The lowest BCUT2D eigenvalue weighted by Gasteiger charge is -2.15. The van der Waals surface area contributed by atoms with Crippen molar-refractivity contribution < 1.29 is 4.79 Å². The number of benzene rings is 2. The molecular weight excluding hydrogens is 260 g/mol. The van der Waals surface area contributed by atoms with Crippen LogP contribution in [0.15, 0.2) is 42.5 Å². The fourth-order valence-corrected chi connectivity index (χ4v) is 2.41. The number of primary amides is 1. The van der Waals surface area contributed by atoms with Crippen LogP contribution in [0.2, 0.25) is 0 Å². The number of nitrogens with two attached hydrogens (primary N) is 1. The Labute approximate surface area is 126 Å². The Hall–Kier alpha value is -2.29. The number of amides is 1. The molecule has 0 saturated heterocycles. The van der Waals surface area contributed by atoms with E-state index in [1.165, 1.54) is 11.1 Å². The minimum atomic E-state index is -0.402. The van der Waals surface area contributed by atoms with Crippen LogP contribution in [0.4, 0.5) is 5.69 Å². The van der Waals surface area contributed by atoms with E-state index in [2.05, 4.69) is 43.4 Å². The number of carbonyl (C=O) groups excluding carboxylic acids is 1. The molecule has 0 radical (unpaired) electrons. The van der Waals surface area contributed by atoms with Crippen LogP contribution in [0, 0.1) is 6.92 Å². The van der Waals surface area contributed by atoms with E-state index in [0.717, 1.165) is 17.8 Å². The van der Waals surface area contributed by atoms with Crippen molar-refractivity contribution in [3.63, 3.8) is 0 Å². The molecule has 1 amide bonds. The highest BCUT2D eigenvalue weighted by atomic mass is 16.1. The molecule has 0 aliphatic carbocycles. The van der Waals surface area contributed by atoms with E-state index in [1.54, 1.807) is 6.07 Å². The molecule has 3 heteroatoms. The van der Waals surface area contributed by atoms with Crippen molar-refractivity contribution in [2.75, 3.05) is 5.32 Å². The summed E-state index contributed by atoms with van der Waals surface area (Å²) in [5.74, 6) is 0.0849. The second kappa shape index (κ2) is 6.44. The molecule has 0 saturated carbocycles. The third-order valence-corrected chi connectivity index (χ3v) is 3.67. The maximum Gasteiger partial charge on any atom is 0.248 e. The average Bonchev–Trinajstić information content (AvgIpc) is 2.46. The first-order valence-corrected chi connectivity index (χ1v) is 7.21. The second-order valence-corrected chi connectivity index (χ2v) is 5.60. The van der Waals surface area contributed by atoms with Crippen molar-refractivity contribution in [2.24, 2.45) is 5.73 Å². The predicted molar refractivity (Wildman–Crippen MR) is 87.6 cm³/mol. The Bertz CT molecular complexity index is 647. The number of anilines is 1. The Balaban J connectivity index is 2.20. The van der Waals surface area contributed by atoms with Crippen molar-refractivity contribution in [2.45, 2.75) is 33.2 Å². The lowest BCUT2D eigenvalue weighted by Crippen LogP contribution is -2.12. The Morgan fingerprint density at radius 3 is 2.57 bits per heavy atom. The number of hydrogen-bond acceptors (Lipinski definition) is 2. The van der Waals surface area contributed by atoms with Crippen molar-refractivity contribution in [3.8, 4) is 0 Å². The van der Waals surface area contributed by atoms with E-state index in [1.807, 2.05) is 19.1 Å². The van der Waals surface area contributed by atoms with Gasteiger partial charge in [-0.3, -0.25) is 4.79 Å². The topological polar surface area (TPSA) is 55.1 Å². The number of nitrogens with one attached hydrogen (secondary N) is 1. The average molecular weight is 282 g/mol. The molecule has 0 spiro atoms. The summed E-state index contributed by atoms with van der Waals surface area (Å²) in [5.41, 5.74) is 10.5. The molecule has 3 N–H and O–H groups in total. The van der Waals surface area contributed by atoms with Gasteiger partial charge in [0.05, 0.1) is 0 Å². The van der Waals surface area contributed by atoms with E-state index in [4.69, 9.17) is 5.73 Å². The van der Waals surface area contributed by atoms with Crippen LogP contribution in [0.25, 0.3) is 0 Å². The molecule has 0 aromatic heterocycles. The van der Waals surface area contributed by atoms with Crippen molar-refractivity contribution in [3.05, 3.63) is 64.7 Å². The summed E-state index contributed by atoms with van der Waals surface area (Å²) in [6.45, 7) is 7.13. The molecule has 2 aromatic carbocycles. The third kappa shape index (κ3) is 3.63. The van der Waals surface area contributed by atoms with Gasteiger partial charge in [-0.25, -0.2) is 0 Å². The van der Waals surface area contributed by atoms with Gasteiger partial charge in [0.15, 0.2) is 0 Å². The fraction of sp³-hybridized carbons (Fsp3) is 0.278. The SMILES string of the molecule is Cc1ccc(C(N)=O)cc1NCc1ccccc1C(C)C. The summed E-state index contributed by atoms with van der Waals surface area (Å²) in [6, 6.07) is 13.9. The number of carbonyl (C=O) groups is 1. The smallest absolute Gasteiger partial charge is 0.248 e. The number of aryl methyl sites for hydroxylation is 1. The summed E-state index contributed by atoms with van der Waals surface area (Å²) in [6.07, 6.45) is 0. The molecule has 0 fully saturated rings. The predicted octanol–water partition coefficient (Wildman–Crippen LogP) is 3.83. The van der Waals surface area contributed by atoms with Crippen molar-refractivity contribution in [1.29, 1.82) is 0 Å². The van der Waals surface area contributed by atoms with Crippen LogP contribution in [-0.4, -0.2) is 5.91 Å². The molecule has 2 aromatic rings. The molecule has 0 atom stereocenters. The molecule has 110 valence electrons. The monoisotopic (exact) mass is 282 g/mol. The minimum absolute atomic E-state index is 0.402. The fourth-order valence-electron chi connectivity index (χ4n) is 2.41. The van der Waals surface area contributed by atoms with Crippen LogP contribution in [0.1, 0.15) is 46.8 Å². The standard InChI is InChI=1S/C18H22N2O/c1-12(2)16-7-5-4-6-15(16)11-20-17-10-14(18(19)21)9-8-13(17)3/h4-10,12,20H,11H2,1-3H3,(H2,19,21). The maximum absolute atomic E-state index is 11.3. The zero-order chi connectivity index (χ0) is 15.4. The Morgan fingerprint density at radius 2 is 1.90 bits per heavy atom. The normalized spacial score (nSPS) is 10.7. The molecule has 0 unspecified atom stereocenters. The molecule has 21 heavy (non-hydrogen) atoms. The lowest BCUT2D eigenvalue weighted by molar-refractivity contribution is 0.100. The second-order valence-electron chi connectivity index (χ2n) is 5.60. The zero-order valence-corrected chi connectivity index (χ0v) is 12.8. The maximum atomic E-state index is 11.3. The molecule has 3 nitrogen and oxygen atoms in total. The van der Waals surface area contributed by atoms with Crippen LogP contribution < -0.4 is 11.1 Å². The van der Waals surface area contributed by atoms with Crippen LogP contribution in [0.5, 0.6) is 0 Å². The summed E-state index contributed by atoms with van der Waals surface area (Å²) < 4.78 is 0. The first kappa shape index (κ1) is 15.1. The molecule has 2 rings (SSSR count). The third-order valence-electron chi connectivity index (χ3n) is 3.67. The first-order chi connectivity index (χ1) is 9.99. The number of hydrogen-bond donors (Lipinski definition) is 2. The van der Waals surface area contributed by atoms with E-state index < -0.39 is 5.91 Å². The summed E-state index contributed by atoms with van der Waals surface area (Å²) in [4.78, 5) is 11.3. The summed E-state index contributed by atoms with van der Waals surface area (Å²) >= 11 is 0. The Morgan fingerprint density at radius 1 is 1.19 bits per heavy atom. The van der Waals surface area contributed by atoms with Gasteiger partial charge in [0.1, 0.15) is 0 Å². The van der Waals surface area contributed by atoms with Crippen LogP contribution in [0.3, 0.4) is 0 Å². The van der Waals surface area contributed by atoms with Gasteiger partial charge >= 0.3 is 0 Å². The summed E-state index contributed by atoms with van der Waals surface area (Å²) in [5, 5.41) is 3.41. The van der Waals surface area contributed by atoms with E-state index in [-0.39, 0.29) is 0 Å². The van der Waals surface area contributed by atoms with Gasteiger partial charge in [-0.2, -0.15) is 0 Å². The van der Waals surface area contributed by atoms with Gasteiger partial charge in [-0.15, -0.1) is 0 Å². The molecule has 0 bridgehead atoms. The van der Waals surface area contributed by atoms with Crippen molar-refractivity contribution in [1.82, 2.24) is 0 Å². The highest BCUT2D eigenvalue weighted by molar-refractivity contribution is 5.94. The molecule has 0 aliphatic heterocycles. The molecular formula is C18H22N2O. The molecule has 0 aliphatic rings. The van der Waals surface area contributed by atoms with Gasteiger partial charge in [-0.05, 0) is 41.7 Å². The quantitative estimate of drug-likeness (QED) is 0.875. The van der Waals surface area contributed by atoms with E-state index in [0.29, 0.717) is 11.5 Å². The molecule has 0 heterocycles. The van der Waals surface area contributed by atoms with Gasteiger partial charge in [0.2, 0.25) is 5.91 Å². The lowest BCUT2D eigenvalue weighted by atomic mass is 9.97. The van der Waals surface area contributed by atoms with Crippen LogP contribution >= 0.6 is 0 Å². The van der Waals surface area contributed by atoms with Gasteiger partial charge < -0.3 is 11.1 Å². The Kier molecular flexibility index (Phi) is 4.63. The van der Waals surface area contributed by atoms with Gasteiger partial charge in [-0.1, -0.05) is 44.2 Å².